The summed E-state index contributed by atoms with van der Waals surface area (Å²) < 4.78 is 30.7. The van der Waals surface area contributed by atoms with E-state index in [4.69, 9.17) is 4.74 Å². The number of phenolic OH excluding ortho intramolecular Hbond substituents is 2. The third kappa shape index (κ3) is 8.18. The molecule has 0 bridgehead atoms. The van der Waals surface area contributed by atoms with E-state index in [0.29, 0.717) is 12.2 Å². The van der Waals surface area contributed by atoms with Crippen molar-refractivity contribution in [2.75, 3.05) is 13.1 Å². The van der Waals surface area contributed by atoms with E-state index >= 15 is 0 Å². The van der Waals surface area contributed by atoms with Crippen molar-refractivity contribution in [3.05, 3.63) is 95.1 Å². The zero-order valence-electron chi connectivity index (χ0n) is 23.1. The molecule has 0 spiro atoms. The smallest absolute Gasteiger partial charge is 0.238 e. The van der Waals surface area contributed by atoms with Crippen molar-refractivity contribution in [2.24, 2.45) is 0 Å². The molecule has 1 aliphatic rings. The Bertz CT molecular complexity index is 1300. The second kappa shape index (κ2) is 14.7. The number of benzene rings is 3. The lowest BCUT2D eigenvalue weighted by molar-refractivity contribution is 0.133. The summed E-state index contributed by atoms with van der Waals surface area (Å²) in [4.78, 5) is 0. The van der Waals surface area contributed by atoms with Crippen LogP contribution in [0.25, 0.3) is 17.2 Å². The SMILES string of the molecule is CC1=C(c2cccc(O)c2)C(c2ccc(/C=C\CNCCCCCCCCC(F)F)cc2)Oc2ccc(O)cc21. The molecule has 1 aliphatic heterocycles. The van der Waals surface area contributed by atoms with Crippen LogP contribution in [0.5, 0.6) is 17.2 Å². The van der Waals surface area contributed by atoms with Crippen LogP contribution in [0.3, 0.4) is 0 Å². The number of hydrogen-bond acceptors (Lipinski definition) is 4. The number of fused-ring (bicyclic) bond motifs is 1. The van der Waals surface area contributed by atoms with Crippen LogP contribution in [-0.2, 0) is 0 Å². The largest absolute Gasteiger partial charge is 0.508 e. The Kier molecular flexibility index (Phi) is 10.8. The molecule has 6 heteroatoms. The van der Waals surface area contributed by atoms with E-state index in [1.54, 1.807) is 30.3 Å². The molecule has 4 rings (SSSR count). The predicted octanol–water partition coefficient (Wildman–Crippen LogP) is 8.76. The molecular weight excluding hydrogens is 508 g/mol. The van der Waals surface area contributed by atoms with Crippen LogP contribution < -0.4 is 10.1 Å². The fourth-order valence-corrected chi connectivity index (χ4v) is 5.14. The van der Waals surface area contributed by atoms with Gasteiger partial charge in [0.1, 0.15) is 23.4 Å². The quantitative estimate of drug-likeness (QED) is 0.177. The van der Waals surface area contributed by atoms with Gasteiger partial charge >= 0.3 is 0 Å². The Morgan fingerprint density at radius 3 is 2.35 bits per heavy atom. The molecule has 3 aromatic carbocycles. The average Bonchev–Trinajstić information content (AvgIpc) is 2.94. The minimum Gasteiger partial charge on any atom is -0.508 e. The first-order valence-corrected chi connectivity index (χ1v) is 14.2. The summed E-state index contributed by atoms with van der Waals surface area (Å²) in [6.07, 6.45) is 7.60. The van der Waals surface area contributed by atoms with Crippen molar-refractivity contribution in [2.45, 2.75) is 64.4 Å². The third-order valence-electron chi connectivity index (χ3n) is 7.27. The number of halogens is 2. The Balaban J connectivity index is 1.32. The first-order chi connectivity index (χ1) is 19.4. The van der Waals surface area contributed by atoms with E-state index < -0.39 is 6.43 Å². The number of hydrogen-bond donors (Lipinski definition) is 3. The van der Waals surface area contributed by atoms with E-state index in [1.807, 2.05) is 19.1 Å². The predicted molar refractivity (Wildman–Crippen MR) is 159 cm³/mol. The standard InChI is InChI=1S/C34H39F2NO3/c1-24-30-23-29(39)18-19-31(30)40-34(33(24)27-11-8-12-28(38)22-27)26-16-14-25(15-17-26)10-9-21-37-20-7-5-3-2-4-6-13-32(35)36/h8-12,14-19,22-23,32,34,37-39H,2-7,13,20-21H2,1H3/b10-9-. The number of phenols is 2. The van der Waals surface area contributed by atoms with Crippen LogP contribution in [-0.4, -0.2) is 29.7 Å². The number of unbranched alkanes of at least 4 members (excludes halogenated alkanes) is 5. The summed E-state index contributed by atoms with van der Waals surface area (Å²) in [7, 11) is 0. The van der Waals surface area contributed by atoms with E-state index in [-0.39, 0.29) is 24.0 Å². The van der Waals surface area contributed by atoms with Gasteiger partial charge in [-0.3, -0.25) is 0 Å². The maximum Gasteiger partial charge on any atom is 0.238 e. The summed E-state index contributed by atoms with van der Waals surface area (Å²) in [6, 6.07) is 20.6. The molecule has 0 fully saturated rings. The molecule has 212 valence electrons. The topological polar surface area (TPSA) is 61.7 Å². The minimum atomic E-state index is -2.17. The molecule has 3 N–H and O–H groups in total. The summed E-state index contributed by atoms with van der Waals surface area (Å²) in [5.74, 6) is 1.09. The lowest BCUT2D eigenvalue weighted by Gasteiger charge is -2.31. The van der Waals surface area contributed by atoms with E-state index in [0.717, 1.165) is 78.6 Å². The first kappa shape index (κ1) is 29.3. The van der Waals surface area contributed by atoms with Crippen molar-refractivity contribution in [1.29, 1.82) is 0 Å². The molecule has 1 atom stereocenters. The number of nitrogens with one attached hydrogen (secondary N) is 1. The van der Waals surface area contributed by atoms with Crippen LogP contribution in [0.2, 0.25) is 0 Å². The van der Waals surface area contributed by atoms with Gasteiger partial charge in [0.15, 0.2) is 0 Å². The second-order valence-corrected chi connectivity index (χ2v) is 10.3. The average molecular weight is 548 g/mol. The number of rotatable bonds is 14. The molecule has 0 aromatic heterocycles. The van der Waals surface area contributed by atoms with Gasteiger partial charge in [0.25, 0.3) is 0 Å². The Hall–Kier alpha value is -3.64. The van der Waals surface area contributed by atoms with Crippen LogP contribution >= 0.6 is 0 Å². The Labute approximate surface area is 236 Å². The molecule has 0 aliphatic carbocycles. The summed E-state index contributed by atoms with van der Waals surface area (Å²) >= 11 is 0. The maximum absolute atomic E-state index is 12.1. The van der Waals surface area contributed by atoms with Crippen LogP contribution in [0.4, 0.5) is 8.78 Å². The second-order valence-electron chi connectivity index (χ2n) is 10.3. The lowest BCUT2D eigenvalue weighted by atomic mass is 9.86. The van der Waals surface area contributed by atoms with Gasteiger partial charge in [-0.25, -0.2) is 8.78 Å². The fourth-order valence-electron chi connectivity index (χ4n) is 5.14. The minimum absolute atomic E-state index is 0.0302. The van der Waals surface area contributed by atoms with Crippen LogP contribution in [0, 0.1) is 0 Å². The molecule has 0 saturated heterocycles. The van der Waals surface area contributed by atoms with Crippen molar-refractivity contribution < 1.29 is 23.7 Å². The van der Waals surface area contributed by atoms with Crippen LogP contribution in [0.1, 0.15) is 80.2 Å². The molecule has 4 nitrogen and oxygen atoms in total. The van der Waals surface area contributed by atoms with Gasteiger partial charge < -0.3 is 20.3 Å². The fraction of sp³-hybridized carbons (Fsp3) is 0.353. The highest BCUT2D eigenvalue weighted by Crippen LogP contribution is 2.47. The Morgan fingerprint density at radius 2 is 1.60 bits per heavy atom. The monoisotopic (exact) mass is 547 g/mol. The maximum atomic E-state index is 12.1. The molecular formula is C34H39F2NO3. The molecule has 40 heavy (non-hydrogen) atoms. The molecule has 1 unspecified atom stereocenters. The van der Waals surface area contributed by atoms with Gasteiger partial charge in [-0.2, -0.15) is 0 Å². The van der Waals surface area contributed by atoms with Gasteiger partial charge in [-0.1, -0.05) is 74.2 Å². The zero-order chi connectivity index (χ0) is 28.3. The van der Waals surface area contributed by atoms with Gasteiger partial charge in [0.2, 0.25) is 6.43 Å². The zero-order valence-corrected chi connectivity index (χ0v) is 23.1. The van der Waals surface area contributed by atoms with Crippen molar-refractivity contribution in [1.82, 2.24) is 5.32 Å². The number of ether oxygens (including phenoxy) is 1. The van der Waals surface area contributed by atoms with Crippen molar-refractivity contribution in [3.63, 3.8) is 0 Å². The van der Waals surface area contributed by atoms with Gasteiger partial charge in [0.05, 0.1) is 0 Å². The first-order valence-electron chi connectivity index (χ1n) is 14.2. The molecule has 0 amide bonds. The Morgan fingerprint density at radius 1 is 0.875 bits per heavy atom. The third-order valence-corrected chi connectivity index (χ3v) is 7.27. The van der Waals surface area contributed by atoms with Crippen molar-refractivity contribution >= 4 is 17.2 Å². The number of allylic oxidation sites excluding steroid dienone is 1. The highest BCUT2D eigenvalue weighted by molar-refractivity contribution is 5.95. The summed E-state index contributed by atoms with van der Waals surface area (Å²) in [5.41, 5.74) is 5.75. The molecule has 0 saturated carbocycles. The van der Waals surface area contributed by atoms with E-state index in [2.05, 4.69) is 41.7 Å². The lowest BCUT2D eigenvalue weighted by Crippen LogP contribution is -2.16. The summed E-state index contributed by atoms with van der Waals surface area (Å²) in [6.45, 7) is 3.76. The number of alkyl halides is 2. The van der Waals surface area contributed by atoms with Crippen LogP contribution in [0.15, 0.2) is 72.8 Å². The number of aromatic hydroxyl groups is 2. The highest BCUT2D eigenvalue weighted by atomic mass is 19.3. The van der Waals surface area contributed by atoms with E-state index in [1.165, 1.54) is 0 Å². The van der Waals surface area contributed by atoms with Gasteiger partial charge in [-0.15, -0.1) is 0 Å². The van der Waals surface area contributed by atoms with E-state index in [9.17, 15) is 19.0 Å². The van der Waals surface area contributed by atoms with Gasteiger partial charge in [-0.05, 0) is 78.9 Å². The molecule has 0 radical (unpaired) electrons. The summed E-state index contributed by atoms with van der Waals surface area (Å²) in [5, 5.41) is 23.6. The normalized spacial score (nSPS) is 15.1. The molecule has 3 aromatic rings. The van der Waals surface area contributed by atoms with Crippen molar-refractivity contribution in [3.8, 4) is 17.2 Å². The highest BCUT2D eigenvalue weighted by Gasteiger charge is 2.29. The molecule has 1 heterocycles. The van der Waals surface area contributed by atoms with Gasteiger partial charge in [0, 0.05) is 24.1 Å².